The topological polar surface area (TPSA) is 21.3 Å². The van der Waals surface area contributed by atoms with E-state index >= 15 is 0 Å². The highest BCUT2D eigenvalue weighted by Gasteiger charge is 1.97. The SMILES string of the molecule is C=C(CNC)CSc1ccc(OC)cc1. The number of likely N-dealkylation sites (N-methyl/N-ethyl adjacent to an activating group) is 1. The normalized spacial score (nSPS) is 10.0. The quantitative estimate of drug-likeness (QED) is 0.591. The van der Waals surface area contributed by atoms with E-state index in [-0.39, 0.29) is 0 Å². The van der Waals surface area contributed by atoms with Crippen molar-refractivity contribution in [3.05, 3.63) is 36.4 Å². The summed E-state index contributed by atoms with van der Waals surface area (Å²) in [7, 11) is 3.61. The standard InChI is InChI=1S/C12H17NOS/c1-10(8-13-2)9-15-12-6-4-11(14-3)5-7-12/h4-7,13H,1,8-9H2,2-3H3. The van der Waals surface area contributed by atoms with Crippen molar-refractivity contribution in [1.82, 2.24) is 5.32 Å². The third kappa shape index (κ3) is 4.40. The predicted molar refractivity (Wildman–Crippen MR) is 66.8 cm³/mol. The summed E-state index contributed by atoms with van der Waals surface area (Å²) in [4.78, 5) is 1.24. The van der Waals surface area contributed by atoms with Crippen LogP contribution >= 0.6 is 11.8 Å². The van der Waals surface area contributed by atoms with Gasteiger partial charge < -0.3 is 10.1 Å². The Labute approximate surface area is 95.7 Å². The van der Waals surface area contributed by atoms with Gasteiger partial charge in [-0.2, -0.15) is 0 Å². The van der Waals surface area contributed by atoms with Gasteiger partial charge in [0.15, 0.2) is 0 Å². The van der Waals surface area contributed by atoms with Crippen LogP contribution in [0.3, 0.4) is 0 Å². The maximum atomic E-state index is 5.10. The van der Waals surface area contributed by atoms with E-state index in [1.165, 1.54) is 10.5 Å². The van der Waals surface area contributed by atoms with Crippen LogP contribution in [-0.2, 0) is 0 Å². The molecule has 0 aliphatic heterocycles. The Morgan fingerprint density at radius 1 is 1.40 bits per heavy atom. The second-order valence-corrected chi connectivity index (χ2v) is 4.29. The summed E-state index contributed by atoms with van der Waals surface area (Å²) in [5, 5.41) is 3.09. The summed E-state index contributed by atoms with van der Waals surface area (Å²) >= 11 is 1.79. The monoisotopic (exact) mass is 223 g/mol. The molecule has 1 aromatic rings. The largest absolute Gasteiger partial charge is 0.497 e. The van der Waals surface area contributed by atoms with E-state index in [0.29, 0.717) is 0 Å². The van der Waals surface area contributed by atoms with Gasteiger partial charge in [-0.05, 0) is 31.3 Å². The maximum Gasteiger partial charge on any atom is 0.118 e. The zero-order chi connectivity index (χ0) is 11.1. The van der Waals surface area contributed by atoms with Gasteiger partial charge in [-0.25, -0.2) is 0 Å². The van der Waals surface area contributed by atoms with E-state index < -0.39 is 0 Å². The van der Waals surface area contributed by atoms with Crippen molar-refractivity contribution >= 4 is 11.8 Å². The van der Waals surface area contributed by atoms with E-state index in [1.807, 2.05) is 19.2 Å². The lowest BCUT2D eigenvalue weighted by atomic mass is 10.3. The number of thioether (sulfide) groups is 1. The predicted octanol–water partition coefficient (Wildman–Crippen LogP) is 2.56. The molecule has 0 radical (unpaired) electrons. The minimum absolute atomic E-state index is 0.878. The Balaban J connectivity index is 2.40. The fraction of sp³-hybridized carbons (Fsp3) is 0.333. The van der Waals surface area contributed by atoms with Crippen molar-refractivity contribution in [3.63, 3.8) is 0 Å². The van der Waals surface area contributed by atoms with Crippen LogP contribution in [0, 0.1) is 0 Å². The third-order valence-electron chi connectivity index (χ3n) is 1.93. The van der Waals surface area contributed by atoms with Crippen LogP contribution in [-0.4, -0.2) is 26.5 Å². The average Bonchev–Trinajstić information content (AvgIpc) is 2.27. The van der Waals surface area contributed by atoms with Gasteiger partial charge in [0.1, 0.15) is 5.75 Å². The molecule has 0 bridgehead atoms. The fourth-order valence-corrected chi connectivity index (χ4v) is 1.96. The van der Waals surface area contributed by atoms with Gasteiger partial charge in [0, 0.05) is 17.2 Å². The second-order valence-electron chi connectivity index (χ2n) is 3.24. The Hall–Kier alpha value is -0.930. The zero-order valence-electron chi connectivity index (χ0n) is 9.25. The molecular formula is C12H17NOS. The van der Waals surface area contributed by atoms with Gasteiger partial charge in [-0.1, -0.05) is 12.2 Å². The van der Waals surface area contributed by atoms with Crippen molar-refractivity contribution in [2.45, 2.75) is 4.90 Å². The molecule has 2 nitrogen and oxygen atoms in total. The first-order valence-electron chi connectivity index (χ1n) is 4.84. The van der Waals surface area contributed by atoms with Gasteiger partial charge in [0.25, 0.3) is 0 Å². The van der Waals surface area contributed by atoms with Crippen LogP contribution in [0.1, 0.15) is 0 Å². The number of ether oxygens (including phenoxy) is 1. The first kappa shape index (κ1) is 12.1. The highest BCUT2D eigenvalue weighted by molar-refractivity contribution is 7.99. The van der Waals surface area contributed by atoms with Crippen LogP contribution < -0.4 is 10.1 Å². The maximum absolute atomic E-state index is 5.10. The molecule has 1 rings (SSSR count). The van der Waals surface area contributed by atoms with Crippen molar-refractivity contribution in [2.24, 2.45) is 0 Å². The zero-order valence-corrected chi connectivity index (χ0v) is 10.1. The molecule has 0 aliphatic rings. The Bertz CT molecular complexity index is 308. The number of rotatable bonds is 6. The van der Waals surface area contributed by atoms with Crippen molar-refractivity contribution < 1.29 is 4.74 Å². The van der Waals surface area contributed by atoms with Crippen LogP contribution in [0.4, 0.5) is 0 Å². The molecular weight excluding hydrogens is 206 g/mol. The number of nitrogens with one attached hydrogen (secondary N) is 1. The molecule has 0 aliphatic carbocycles. The van der Waals surface area contributed by atoms with Gasteiger partial charge in [0.05, 0.1) is 7.11 Å². The molecule has 0 saturated heterocycles. The van der Waals surface area contributed by atoms with Crippen LogP contribution in [0.25, 0.3) is 0 Å². The molecule has 1 N–H and O–H groups in total. The molecule has 0 saturated carbocycles. The summed E-state index contributed by atoms with van der Waals surface area (Å²) in [6, 6.07) is 8.08. The molecule has 0 unspecified atom stereocenters. The van der Waals surface area contributed by atoms with E-state index in [9.17, 15) is 0 Å². The first-order valence-corrected chi connectivity index (χ1v) is 5.83. The molecule has 0 atom stereocenters. The molecule has 82 valence electrons. The van der Waals surface area contributed by atoms with Crippen molar-refractivity contribution in [2.75, 3.05) is 26.5 Å². The van der Waals surface area contributed by atoms with Crippen molar-refractivity contribution in [3.8, 4) is 5.75 Å². The molecule has 15 heavy (non-hydrogen) atoms. The van der Waals surface area contributed by atoms with E-state index in [1.54, 1.807) is 18.9 Å². The van der Waals surface area contributed by atoms with Gasteiger partial charge in [0.2, 0.25) is 0 Å². The van der Waals surface area contributed by atoms with Crippen molar-refractivity contribution in [1.29, 1.82) is 0 Å². The molecule has 3 heteroatoms. The third-order valence-corrected chi connectivity index (χ3v) is 3.09. The summed E-state index contributed by atoms with van der Waals surface area (Å²) in [6.07, 6.45) is 0. The van der Waals surface area contributed by atoms with Crippen LogP contribution in [0.15, 0.2) is 41.3 Å². The number of hydrogen-bond donors (Lipinski definition) is 1. The Morgan fingerprint density at radius 3 is 2.60 bits per heavy atom. The summed E-state index contributed by atoms with van der Waals surface area (Å²) in [6.45, 7) is 4.86. The van der Waals surface area contributed by atoms with E-state index in [0.717, 1.165) is 18.0 Å². The molecule has 0 spiro atoms. The second kappa shape index (κ2) is 6.53. The minimum atomic E-state index is 0.878. The number of methoxy groups -OCH3 is 1. The summed E-state index contributed by atoms with van der Waals surface area (Å²) < 4.78 is 5.10. The number of benzene rings is 1. The number of hydrogen-bond acceptors (Lipinski definition) is 3. The van der Waals surface area contributed by atoms with Crippen LogP contribution in [0.5, 0.6) is 5.75 Å². The highest BCUT2D eigenvalue weighted by atomic mass is 32.2. The summed E-state index contributed by atoms with van der Waals surface area (Å²) in [5.41, 5.74) is 1.21. The molecule has 0 fully saturated rings. The lowest BCUT2D eigenvalue weighted by Gasteiger charge is -2.05. The Morgan fingerprint density at radius 2 is 2.07 bits per heavy atom. The smallest absolute Gasteiger partial charge is 0.118 e. The fourth-order valence-electron chi connectivity index (χ4n) is 1.16. The lowest BCUT2D eigenvalue weighted by molar-refractivity contribution is 0.414. The Kier molecular flexibility index (Phi) is 5.29. The molecule has 0 heterocycles. The van der Waals surface area contributed by atoms with E-state index in [4.69, 9.17) is 4.74 Å². The highest BCUT2D eigenvalue weighted by Crippen LogP contribution is 2.22. The average molecular weight is 223 g/mol. The summed E-state index contributed by atoms with van der Waals surface area (Å²) in [5.74, 6) is 1.85. The molecule has 0 amide bonds. The van der Waals surface area contributed by atoms with Gasteiger partial charge in [-0.15, -0.1) is 11.8 Å². The van der Waals surface area contributed by atoms with Gasteiger partial charge >= 0.3 is 0 Å². The van der Waals surface area contributed by atoms with Gasteiger partial charge in [-0.3, -0.25) is 0 Å². The molecule has 0 aromatic heterocycles. The minimum Gasteiger partial charge on any atom is -0.497 e. The van der Waals surface area contributed by atoms with E-state index in [2.05, 4.69) is 24.0 Å². The lowest BCUT2D eigenvalue weighted by Crippen LogP contribution is -2.10. The first-order chi connectivity index (χ1) is 7.26. The van der Waals surface area contributed by atoms with Crippen LogP contribution in [0.2, 0.25) is 0 Å². The molecule has 1 aromatic carbocycles.